The number of nitrogens with zero attached hydrogens (tertiary/aromatic N) is 3. The number of nitrogens with two attached hydrogens (primary N) is 1. The third-order valence-electron chi connectivity index (χ3n) is 6.27. The van der Waals surface area contributed by atoms with Crippen molar-refractivity contribution in [3.63, 3.8) is 0 Å². The van der Waals surface area contributed by atoms with Crippen LogP contribution in [0.25, 0.3) is 0 Å². The van der Waals surface area contributed by atoms with Crippen molar-refractivity contribution in [2.24, 2.45) is 5.73 Å². The first kappa shape index (κ1) is 29.5. The fraction of sp³-hybridized carbons (Fsp3) is 0.379. The predicted molar refractivity (Wildman–Crippen MR) is 150 cm³/mol. The number of carbonyl (C=O) groups excluding carboxylic acids is 3. The summed E-state index contributed by atoms with van der Waals surface area (Å²) < 4.78 is 7.43. The summed E-state index contributed by atoms with van der Waals surface area (Å²) in [6.45, 7) is 4.78. The summed E-state index contributed by atoms with van der Waals surface area (Å²) in [6, 6.07) is 17.4. The molecule has 1 fully saturated rings. The van der Waals surface area contributed by atoms with Crippen molar-refractivity contribution in [3.8, 4) is 0 Å². The van der Waals surface area contributed by atoms with Crippen molar-refractivity contribution in [1.29, 1.82) is 0 Å². The van der Waals surface area contributed by atoms with Crippen LogP contribution >= 0.6 is 0 Å². The molecule has 2 heterocycles. The molecule has 1 aliphatic rings. The van der Waals surface area contributed by atoms with E-state index in [2.05, 4.69) is 15.6 Å². The molecular weight excluding hydrogens is 496 g/mol. The summed E-state index contributed by atoms with van der Waals surface area (Å²) in [6.07, 6.45) is 4.12. The van der Waals surface area contributed by atoms with Gasteiger partial charge in [-0.05, 0) is 31.4 Å². The van der Waals surface area contributed by atoms with Crippen molar-refractivity contribution >= 4 is 23.5 Å². The highest BCUT2D eigenvalue weighted by atomic mass is 16.5. The molecular formula is C29H38N6O4. The lowest BCUT2D eigenvalue weighted by Crippen LogP contribution is -2.56. The van der Waals surface area contributed by atoms with Gasteiger partial charge in [-0.2, -0.15) is 0 Å². The van der Waals surface area contributed by atoms with E-state index in [1.54, 1.807) is 29.5 Å². The lowest BCUT2D eigenvalue weighted by molar-refractivity contribution is -0.137. The number of benzene rings is 2. The Labute approximate surface area is 229 Å². The van der Waals surface area contributed by atoms with Gasteiger partial charge < -0.3 is 30.6 Å². The number of hydrogen-bond donors (Lipinski definition) is 3. The van der Waals surface area contributed by atoms with Crippen molar-refractivity contribution in [2.75, 3.05) is 25.0 Å². The van der Waals surface area contributed by atoms with Crippen LogP contribution in [0.5, 0.6) is 0 Å². The predicted octanol–water partition coefficient (Wildman–Crippen LogP) is 2.72. The van der Waals surface area contributed by atoms with E-state index < -0.39 is 29.4 Å². The van der Waals surface area contributed by atoms with E-state index in [1.807, 2.05) is 60.7 Å². The zero-order valence-corrected chi connectivity index (χ0v) is 21.7. The van der Waals surface area contributed by atoms with Gasteiger partial charge in [0.25, 0.3) is 5.91 Å². The first-order valence-electron chi connectivity index (χ1n) is 12.6. The Morgan fingerprint density at radius 2 is 1.69 bits per heavy atom. The summed E-state index contributed by atoms with van der Waals surface area (Å²) in [5, 5.41) is 5.41. The van der Waals surface area contributed by atoms with Crippen LogP contribution in [0.15, 0.2) is 73.2 Å². The molecule has 0 bridgehead atoms. The fourth-order valence-electron chi connectivity index (χ4n) is 3.94. The summed E-state index contributed by atoms with van der Waals surface area (Å²) >= 11 is 0. The monoisotopic (exact) mass is 534 g/mol. The van der Waals surface area contributed by atoms with Crippen LogP contribution in [0.2, 0.25) is 0 Å². The van der Waals surface area contributed by atoms with Gasteiger partial charge in [0.1, 0.15) is 12.1 Å². The zero-order valence-electron chi connectivity index (χ0n) is 21.7. The first-order chi connectivity index (χ1) is 18.2. The maximum absolute atomic E-state index is 13.2. The fourth-order valence-corrected chi connectivity index (χ4v) is 3.94. The van der Waals surface area contributed by atoms with Gasteiger partial charge in [-0.1, -0.05) is 68.1 Å². The molecule has 39 heavy (non-hydrogen) atoms. The summed E-state index contributed by atoms with van der Waals surface area (Å²) in [7, 11) is 0. The van der Waals surface area contributed by atoms with Crippen LogP contribution in [0.4, 0.5) is 5.82 Å². The minimum absolute atomic E-state index is 0. The van der Waals surface area contributed by atoms with E-state index in [0.717, 1.165) is 30.6 Å². The molecule has 1 aliphatic heterocycles. The van der Waals surface area contributed by atoms with Gasteiger partial charge in [0, 0.05) is 19.3 Å². The van der Waals surface area contributed by atoms with Gasteiger partial charge in [-0.3, -0.25) is 14.4 Å². The van der Waals surface area contributed by atoms with E-state index in [0.29, 0.717) is 0 Å². The molecule has 0 saturated carbocycles. The van der Waals surface area contributed by atoms with Gasteiger partial charge in [0.05, 0.1) is 25.1 Å². The lowest BCUT2D eigenvalue weighted by Gasteiger charge is -2.34. The minimum atomic E-state index is -1.18. The van der Waals surface area contributed by atoms with Crippen LogP contribution < -0.4 is 16.4 Å². The van der Waals surface area contributed by atoms with E-state index in [9.17, 15) is 14.4 Å². The SMILES string of the molecule is C.CC(C)(N)C(=O)N[C@H](COCc1ccccc1)C(=O)Nc1cn(C(C(=O)N2CCC2)c2ccccc2)cn1. The van der Waals surface area contributed by atoms with Crippen LogP contribution in [0.1, 0.15) is 44.9 Å². The molecule has 10 heteroatoms. The number of amides is 3. The number of anilines is 1. The minimum Gasteiger partial charge on any atom is -0.374 e. The molecule has 208 valence electrons. The summed E-state index contributed by atoms with van der Waals surface area (Å²) in [5.41, 5.74) is 6.51. The molecule has 10 nitrogen and oxygen atoms in total. The highest BCUT2D eigenvalue weighted by molar-refractivity contribution is 5.98. The maximum atomic E-state index is 13.2. The Morgan fingerprint density at radius 1 is 1.05 bits per heavy atom. The number of likely N-dealkylation sites (tertiary alicyclic amines) is 1. The molecule has 2 atom stereocenters. The van der Waals surface area contributed by atoms with Crippen molar-refractivity contribution < 1.29 is 19.1 Å². The Kier molecular flexibility index (Phi) is 9.97. The van der Waals surface area contributed by atoms with Gasteiger partial charge in [0.15, 0.2) is 5.82 Å². The van der Waals surface area contributed by atoms with Crippen LogP contribution in [0, 0.1) is 0 Å². The molecule has 1 saturated heterocycles. The van der Waals surface area contributed by atoms with Crippen molar-refractivity contribution in [3.05, 3.63) is 84.3 Å². The quantitative estimate of drug-likeness (QED) is 0.347. The molecule has 2 aromatic carbocycles. The number of imidazole rings is 1. The van der Waals surface area contributed by atoms with E-state index in [-0.39, 0.29) is 32.4 Å². The van der Waals surface area contributed by atoms with Crippen LogP contribution in [-0.2, 0) is 25.7 Å². The zero-order chi connectivity index (χ0) is 27.1. The number of aromatic nitrogens is 2. The van der Waals surface area contributed by atoms with Crippen molar-refractivity contribution in [2.45, 2.75) is 51.9 Å². The second-order valence-electron chi connectivity index (χ2n) is 9.94. The normalized spacial score (nSPS) is 14.4. The van der Waals surface area contributed by atoms with Gasteiger partial charge >= 0.3 is 0 Å². The Morgan fingerprint density at radius 3 is 2.28 bits per heavy atom. The number of rotatable bonds is 11. The third-order valence-corrected chi connectivity index (χ3v) is 6.27. The Balaban J connectivity index is 0.00000420. The molecule has 1 unspecified atom stereocenters. The largest absolute Gasteiger partial charge is 0.374 e. The molecule has 4 N–H and O–H groups in total. The van der Waals surface area contributed by atoms with E-state index in [4.69, 9.17) is 10.5 Å². The number of nitrogens with one attached hydrogen (secondary N) is 2. The average molecular weight is 535 g/mol. The summed E-state index contributed by atoms with van der Waals surface area (Å²) in [4.78, 5) is 45.1. The van der Waals surface area contributed by atoms with E-state index in [1.165, 1.54) is 6.33 Å². The first-order valence-corrected chi connectivity index (χ1v) is 12.6. The van der Waals surface area contributed by atoms with Gasteiger partial charge in [-0.25, -0.2) is 4.98 Å². The standard InChI is InChI=1S/C28H34N6O4.CH4/c1-28(2,29)27(37)31-22(18-38-17-20-10-5-3-6-11-20)25(35)32-23-16-34(19-30-23)24(21-12-7-4-8-13-21)26(36)33-14-9-15-33;/h3-8,10-13,16,19,22,24H,9,14-15,17-18,29H2,1-2H3,(H,31,37)(H,32,35);1H4/t22-,24?;/m1./s1. The molecule has 0 spiro atoms. The number of carbonyl (C=O) groups is 3. The third kappa shape index (κ3) is 7.75. The maximum Gasteiger partial charge on any atom is 0.250 e. The average Bonchev–Trinajstić information content (AvgIpc) is 3.30. The molecule has 0 aliphatic carbocycles. The van der Waals surface area contributed by atoms with Crippen LogP contribution in [0.3, 0.4) is 0 Å². The Bertz CT molecular complexity index is 1240. The lowest BCUT2D eigenvalue weighted by atomic mass is 10.0. The van der Waals surface area contributed by atoms with E-state index >= 15 is 0 Å². The summed E-state index contributed by atoms with van der Waals surface area (Å²) in [5.74, 6) is -0.772. The second-order valence-corrected chi connectivity index (χ2v) is 9.94. The molecule has 1 aromatic heterocycles. The second kappa shape index (κ2) is 13.2. The molecule has 0 radical (unpaired) electrons. The number of hydrogen-bond acceptors (Lipinski definition) is 6. The molecule has 4 rings (SSSR count). The highest BCUT2D eigenvalue weighted by Crippen LogP contribution is 2.24. The Hall–Kier alpha value is -4.02. The van der Waals surface area contributed by atoms with Crippen LogP contribution in [-0.4, -0.2) is 63.4 Å². The number of ether oxygens (including phenoxy) is 1. The smallest absolute Gasteiger partial charge is 0.250 e. The van der Waals surface area contributed by atoms with Crippen molar-refractivity contribution in [1.82, 2.24) is 19.8 Å². The topological polar surface area (TPSA) is 132 Å². The van der Waals surface area contributed by atoms with Gasteiger partial charge in [-0.15, -0.1) is 0 Å². The molecule has 3 amide bonds. The highest BCUT2D eigenvalue weighted by Gasteiger charge is 2.32. The molecule has 3 aromatic rings. The van der Waals surface area contributed by atoms with Gasteiger partial charge in [0.2, 0.25) is 11.8 Å².